The highest BCUT2D eigenvalue weighted by molar-refractivity contribution is 6.07. The number of benzene rings is 4. The first-order valence-corrected chi connectivity index (χ1v) is 17.9. The molecular weight excluding hydrogens is 755 g/mol. The number of carbonyl (C=O) groups is 2. The highest BCUT2D eigenvalue weighted by Crippen LogP contribution is 2.34. The number of aromatic nitrogens is 3. The zero-order valence-corrected chi connectivity index (χ0v) is 32.2. The topological polar surface area (TPSA) is 189 Å². The fourth-order valence-electron chi connectivity index (χ4n) is 6.44. The average Bonchev–Trinajstić information content (AvgIpc) is 3.58. The van der Waals surface area contributed by atoms with Gasteiger partial charge in [-0.3, -0.25) is 19.2 Å². The van der Waals surface area contributed by atoms with E-state index in [1.807, 2.05) is 59.7 Å². The number of nitrogens with one attached hydrogen (secondary N) is 5. The molecule has 0 aliphatic rings. The molecule has 7 N–H and O–H groups in total. The molecule has 0 saturated heterocycles. The smallest absolute Gasteiger partial charge is 0.508 e. The molecule has 0 bridgehead atoms. The fraction of sp³-hybridized carbons (Fsp3) is 0.209. The van der Waals surface area contributed by atoms with Crippen molar-refractivity contribution in [1.82, 2.24) is 15.0 Å². The van der Waals surface area contributed by atoms with E-state index in [0.29, 0.717) is 16.9 Å². The Morgan fingerprint density at radius 2 is 1.31 bits per heavy atom. The van der Waals surface area contributed by atoms with Crippen LogP contribution in [-0.2, 0) is 10.8 Å². The van der Waals surface area contributed by atoms with Crippen LogP contribution in [0.2, 0.25) is 0 Å². The summed E-state index contributed by atoms with van der Waals surface area (Å²) in [6, 6.07) is 18.5. The summed E-state index contributed by atoms with van der Waals surface area (Å²) in [5, 5.41) is 26.6. The molecular formula is C43H40F3N5O7. The van der Waals surface area contributed by atoms with Gasteiger partial charge in [-0.1, -0.05) is 53.7 Å². The van der Waals surface area contributed by atoms with Crippen molar-refractivity contribution >= 4 is 55.9 Å². The van der Waals surface area contributed by atoms with E-state index in [9.17, 15) is 42.6 Å². The number of aromatic amines is 3. The van der Waals surface area contributed by atoms with Gasteiger partial charge in [0.05, 0.1) is 16.4 Å². The minimum atomic E-state index is -4.85. The molecule has 0 aliphatic carbocycles. The third-order valence-electron chi connectivity index (χ3n) is 9.27. The maximum absolute atomic E-state index is 13.0. The van der Waals surface area contributed by atoms with Gasteiger partial charge in [-0.25, -0.2) is 0 Å². The number of fused-ring (bicyclic) bond motifs is 3. The van der Waals surface area contributed by atoms with E-state index in [2.05, 4.69) is 30.3 Å². The zero-order chi connectivity index (χ0) is 42.3. The van der Waals surface area contributed by atoms with Crippen molar-refractivity contribution in [3.05, 3.63) is 134 Å². The molecule has 0 atom stereocenters. The lowest BCUT2D eigenvalue weighted by molar-refractivity contribution is -0.274. The summed E-state index contributed by atoms with van der Waals surface area (Å²) in [6.07, 6.45) is -0.559. The van der Waals surface area contributed by atoms with Gasteiger partial charge in [-0.05, 0) is 75.9 Å². The summed E-state index contributed by atoms with van der Waals surface area (Å²) in [6.45, 7) is 12.0. The second kappa shape index (κ2) is 15.1. The maximum atomic E-state index is 13.0. The van der Waals surface area contributed by atoms with Crippen LogP contribution in [0.25, 0.3) is 32.7 Å². The molecule has 15 heteroatoms. The lowest BCUT2D eigenvalue weighted by Crippen LogP contribution is -2.24. The minimum Gasteiger partial charge on any atom is -0.508 e. The van der Waals surface area contributed by atoms with Crippen molar-refractivity contribution in [1.29, 1.82) is 0 Å². The molecule has 7 rings (SSSR count). The van der Waals surface area contributed by atoms with E-state index < -0.39 is 34.8 Å². The number of aromatic hydroxyl groups is 2. The van der Waals surface area contributed by atoms with Crippen molar-refractivity contribution in [2.75, 3.05) is 10.6 Å². The molecule has 3 aromatic heterocycles. The molecule has 7 aromatic rings. The van der Waals surface area contributed by atoms with Gasteiger partial charge in [0.25, 0.3) is 11.8 Å². The molecule has 0 spiro atoms. The number of rotatable bonds is 5. The van der Waals surface area contributed by atoms with Crippen LogP contribution in [0.5, 0.6) is 17.2 Å². The molecule has 0 radical (unpaired) electrons. The molecule has 2 amide bonds. The Labute approximate surface area is 328 Å². The Bertz CT molecular complexity index is 2840. The number of alkyl halides is 3. The molecule has 12 nitrogen and oxygen atoms in total. The summed E-state index contributed by atoms with van der Waals surface area (Å²) in [5.74, 6) is -1.84. The first-order chi connectivity index (χ1) is 27.1. The van der Waals surface area contributed by atoms with Crippen LogP contribution in [0.1, 0.15) is 73.4 Å². The number of ether oxygens (including phenoxy) is 1. The molecule has 300 valence electrons. The number of halogens is 3. The SMILES string of the molecule is CC(C)(C)c1cc2cc[nH]c2cc1NC(=O)c1c[nH]c2cc(OC(F)(F)F)ccc2c1=O.CC(C)(C)c1ccc(NC(=O)c2c[nH]c3cccc(O)c3c2=O)cc1O. The monoisotopic (exact) mass is 795 g/mol. The van der Waals surface area contributed by atoms with Gasteiger partial charge >= 0.3 is 6.36 Å². The van der Waals surface area contributed by atoms with Crippen molar-refractivity contribution < 1.29 is 37.7 Å². The van der Waals surface area contributed by atoms with Gasteiger partial charge in [-0.2, -0.15) is 0 Å². The van der Waals surface area contributed by atoms with E-state index >= 15 is 0 Å². The Kier molecular flexibility index (Phi) is 10.6. The number of anilines is 2. The number of pyridine rings is 2. The predicted molar refractivity (Wildman–Crippen MR) is 217 cm³/mol. The van der Waals surface area contributed by atoms with E-state index in [0.717, 1.165) is 34.2 Å². The largest absolute Gasteiger partial charge is 0.573 e. The van der Waals surface area contributed by atoms with Crippen molar-refractivity contribution in [2.45, 2.75) is 58.7 Å². The Morgan fingerprint density at radius 3 is 1.97 bits per heavy atom. The van der Waals surface area contributed by atoms with Crippen LogP contribution >= 0.6 is 0 Å². The van der Waals surface area contributed by atoms with E-state index in [1.165, 1.54) is 30.6 Å². The first kappa shape index (κ1) is 40.6. The fourth-order valence-corrected chi connectivity index (χ4v) is 6.44. The second-order valence-corrected chi connectivity index (χ2v) is 15.6. The third kappa shape index (κ3) is 8.68. The molecule has 0 saturated carbocycles. The Morgan fingerprint density at radius 1 is 0.655 bits per heavy atom. The van der Waals surface area contributed by atoms with Gasteiger partial charge in [0.15, 0.2) is 0 Å². The number of phenolic OH excluding ortho intramolecular Hbond substituents is 2. The first-order valence-electron chi connectivity index (χ1n) is 17.9. The minimum absolute atomic E-state index is 0.0612. The Hall–Kier alpha value is -7.03. The number of phenols is 2. The Balaban J connectivity index is 0.000000200. The maximum Gasteiger partial charge on any atom is 0.573 e. The number of H-pyrrole nitrogens is 3. The summed E-state index contributed by atoms with van der Waals surface area (Å²) < 4.78 is 41.2. The van der Waals surface area contributed by atoms with E-state index in [-0.39, 0.29) is 49.7 Å². The van der Waals surface area contributed by atoms with Gasteiger partial charge < -0.3 is 40.5 Å². The van der Waals surface area contributed by atoms with E-state index in [1.54, 1.807) is 30.5 Å². The van der Waals surface area contributed by atoms with Gasteiger partial charge in [0, 0.05) is 53.0 Å². The normalized spacial score (nSPS) is 11.9. The van der Waals surface area contributed by atoms with Crippen LogP contribution in [0.3, 0.4) is 0 Å². The van der Waals surface area contributed by atoms with Crippen LogP contribution in [0.4, 0.5) is 24.5 Å². The molecule has 58 heavy (non-hydrogen) atoms. The summed E-state index contributed by atoms with van der Waals surface area (Å²) >= 11 is 0. The predicted octanol–water partition coefficient (Wildman–Crippen LogP) is 8.95. The van der Waals surface area contributed by atoms with Gasteiger partial charge in [0.2, 0.25) is 10.9 Å². The third-order valence-corrected chi connectivity index (χ3v) is 9.27. The number of carbonyl (C=O) groups excluding carboxylic acids is 2. The van der Waals surface area contributed by atoms with E-state index in [4.69, 9.17) is 0 Å². The molecule has 0 unspecified atom stereocenters. The summed E-state index contributed by atoms with van der Waals surface area (Å²) in [5.41, 5.74) is 2.01. The van der Waals surface area contributed by atoms with Crippen molar-refractivity contribution in [3.63, 3.8) is 0 Å². The molecule has 0 fully saturated rings. The summed E-state index contributed by atoms with van der Waals surface area (Å²) in [7, 11) is 0. The molecule has 4 aromatic carbocycles. The highest BCUT2D eigenvalue weighted by Gasteiger charge is 2.31. The lowest BCUT2D eigenvalue weighted by Gasteiger charge is -2.23. The quantitative estimate of drug-likeness (QED) is 0.0905. The number of amides is 2. The van der Waals surface area contributed by atoms with Gasteiger partial charge in [-0.15, -0.1) is 13.2 Å². The van der Waals surface area contributed by atoms with Crippen LogP contribution in [-0.4, -0.2) is 43.3 Å². The van der Waals surface area contributed by atoms with Crippen LogP contribution in [0.15, 0.2) is 101 Å². The zero-order valence-electron chi connectivity index (χ0n) is 32.2. The number of hydrogen-bond donors (Lipinski definition) is 7. The molecule has 3 heterocycles. The lowest BCUT2D eigenvalue weighted by atomic mass is 9.85. The van der Waals surface area contributed by atoms with Crippen LogP contribution in [0, 0.1) is 0 Å². The summed E-state index contributed by atoms with van der Waals surface area (Å²) in [4.78, 5) is 59.5. The average molecular weight is 796 g/mol. The van der Waals surface area contributed by atoms with Gasteiger partial charge in [0.1, 0.15) is 28.4 Å². The highest BCUT2D eigenvalue weighted by atomic mass is 19.4. The van der Waals surface area contributed by atoms with Crippen LogP contribution < -0.4 is 26.2 Å². The number of hydrogen-bond acceptors (Lipinski definition) is 7. The molecule has 0 aliphatic heterocycles. The standard InChI is InChI=1S/C23H20F3N3O3.C20H20N2O4/c1-22(2,3)16-8-12-6-7-27-17(12)10-19(16)29-21(31)15-11-28-18-9-13(32-23(24,25)26)4-5-14(18)20(15)30;1-20(2,3)13-8-7-11(9-16(13)24)22-19(26)12-10-21-14-5-4-6-15(23)17(14)18(12)25/h4-11,27H,1-3H3,(H,28,30)(H,29,31);4-10,23-24H,1-3H3,(H,21,25)(H,22,26). The van der Waals surface area contributed by atoms with Crippen molar-refractivity contribution in [3.8, 4) is 17.2 Å². The second-order valence-electron chi connectivity index (χ2n) is 15.6. The van der Waals surface area contributed by atoms with Crippen molar-refractivity contribution in [2.24, 2.45) is 0 Å².